The first kappa shape index (κ1) is 14.2. The molecule has 5 nitrogen and oxygen atoms in total. The zero-order valence-corrected chi connectivity index (χ0v) is 9.98. The predicted octanol–water partition coefficient (Wildman–Crippen LogP) is -0.149. The maximum atomic E-state index is 9.65. The van der Waals surface area contributed by atoms with Gasteiger partial charge in [-0.2, -0.15) is 0 Å². The van der Waals surface area contributed by atoms with Crippen molar-refractivity contribution in [1.29, 1.82) is 0 Å². The second kappa shape index (κ2) is 6.18. The van der Waals surface area contributed by atoms with Crippen LogP contribution in [0, 0.1) is 0 Å². The molecule has 0 heterocycles. The lowest BCUT2D eigenvalue weighted by Gasteiger charge is -2.29. The second-order valence-corrected chi connectivity index (χ2v) is 4.26. The largest absolute Gasteiger partial charge is 0.506 e. The number of aromatic hydroxyl groups is 1. The average molecular weight is 262 g/mol. The van der Waals surface area contributed by atoms with E-state index in [9.17, 15) is 5.11 Å². The highest BCUT2D eigenvalue weighted by atomic mass is 35.5. The monoisotopic (exact) mass is 261 g/mol. The van der Waals surface area contributed by atoms with Gasteiger partial charge in [0.25, 0.3) is 0 Å². The smallest absolute Gasteiger partial charge is 0.138 e. The number of hydrogen-bond donors (Lipinski definition) is 5. The van der Waals surface area contributed by atoms with Gasteiger partial charge in [-0.1, -0.05) is 23.7 Å². The van der Waals surface area contributed by atoms with Crippen molar-refractivity contribution in [1.82, 2.24) is 5.32 Å². The van der Waals surface area contributed by atoms with Crippen LogP contribution in [0.5, 0.6) is 5.75 Å². The van der Waals surface area contributed by atoms with Gasteiger partial charge in [-0.15, -0.1) is 0 Å². The number of aliphatic hydroxyl groups excluding tert-OH is 3. The Balaban J connectivity index is 2.75. The van der Waals surface area contributed by atoms with E-state index in [0.717, 1.165) is 0 Å². The third-order valence-electron chi connectivity index (χ3n) is 2.63. The molecule has 17 heavy (non-hydrogen) atoms. The second-order valence-electron chi connectivity index (χ2n) is 3.86. The summed E-state index contributed by atoms with van der Waals surface area (Å²) in [5.74, 6) is -0.0515. The first-order valence-corrected chi connectivity index (χ1v) is 5.50. The molecular formula is C11H16ClNO4. The van der Waals surface area contributed by atoms with E-state index < -0.39 is 25.4 Å². The van der Waals surface area contributed by atoms with Crippen LogP contribution >= 0.6 is 11.6 Å². The lowest BCUT2D eigenvalue weighted by atomic mass is 10.0. The molecule has 0 atom stereocenters. The Hall–Kier alpha value is -0.850. The van der Waals surface area contributed by atoms with Crippen LogP contribution in [0.4, 0.5) is 0 Å². The Bertz CT molecular complexity index is 360. The molecule has 0 saturated carbocycles. The van der Waals surface area contributed by atoms with Crippen molar-refractivity contribution in [3.63, 3.8) is 0 Å². The molecule has 0 bridgehead atoms. The maximum absolute atomic E-state index is 9.65. The number of phenols is 1. The van der Waals surface area contributed by atoms with Gasteiger partial charge < -0.3 is 25.7 Å². The van der Waals surface area contributed by atoms with Gasteiger partial charge in [0.1, 0.15) is 5.75 Å². The zero-order valence-electron chi connectivity index (χ0n) is 9.23. The molecule has 0 aliphatic heterocycles. The number of hydrogen-bond acceptors (Lipinski definition) is 5. The van der Waals surface area contributed by atoms with Gasteiger partial charge >= 0.3 is 0 Å². The molecule has 1 aromatic rings. The maximum Gasteiger partial charge on any atom is 0.138 e. The van der Waals surface area contributed by atoms with Crippen LogP contribution < -0.4 is 5.32 Å². The van der Waals surface area contributed by atoms with Crippen molar-refractivity contribution >= 4 is 11.6 Å². The highest BCUT2D eigenvalue weighted by Crippen LogP contribution is 2.27. The van der Waals surface area contributed by atoms with Gasteiger partial charge in [0, 0.05) is 12.1 Å². The van der Waals surface area contributed by atoms with Crippen LogP contribution in [0.25, 0.3) is 0 Å². The molecule has 5 N–H and O–H groups in total. The van der Waals surface area contributed by atoms with Gasteiger partial charge in [-0.25, -0.2) is 0 Å². The minimum Gasteiger partial charge on any atom is -0.506 e. The van der Waals surface area contributed by atoms with Gasteiger partial charge in [-0.3, -0.25) is 0 Å². The molecule has 6 heteroatoms. The summed E-state index contributed by atoms with van der Waals surface area (Å²) in [6.45, 7) is -1.07. The molecule has 0 aliphatic rings. The topological polar surface area (TPSA) is 93.0 Å². The van der Waals surface area contributed by atoms with E-state index in [2.05, 4.69) is 5.32 Å². The summed E-state index contributed by atoms with van der Waals surface area (Å²) in [4.78, 5) is 0. The highest BCUT2D eigenvalue weighted by molar-refractivity contribution is 6.32. The fourth-order valence-electron chi connectivity index (χ4n) is 1.30. The van der Waals surface area contributed by atoms with Crippen LogP contribution in [0.15, 0.2) is 18.2 Å². The first-order valence-electron chi connectivity index (χ1n) is 5.12. The zero-order chi connectivity index (χ0) is 12.9. The number of benzene rings is 1. The number of phenolic OH excluding ortho intramolecular Hbond substituents is 1. The molecule has 96 valence electrons. The molecular weight excluding hydrogens is 246 g/mol. The van der Waals surface area contributed by atoms with Crippen LogP contribution in [0.3, 0.4) is 0 Å². The molecule has 1 rings (SSSR count). The lowest BCUT2D eigenvalue weighted by molar-refractivity contribution is 0.0412. The molecule has 0 radical (unpaired) electrons. The number of nitrogens with one attached hydrogen (secondary N) is 1. The van der Waals surface area contributed by atoms with Gasteiger partial charge in [0.15, 0.2) is 0 Å². The van der Waals surface area contributed by atoms with Crippen molar-refractivity contribution in [2.24, 2.45) is 0 Å². The third kappa shape index (κ3) is 3.31. The van der Waals surface area contributed by atoms with Gasteiger partial charge in [-0.05, 0) is 6.07 Å². The number of rotatable bonds is 6. The summed E-state index contributed by atoms with van der Waals surface area (Å²) in [6.07, 6.45) is 0. The molecule has 1 aromatic carbocycles. The molecule has 0 aliphatic carbocycles. The van der Waals surface area contributed by atoms with Crippen LogP contribution in [-0.2, 0) is 6.54 Å². The van der Waals surface area contributed by atoms with E-state index in [1.165, 1.54) is 0 Å². The first-order chi connectivity index (χ1) is 8.08. The van der Waals surface area contributed by atoms with E-state index in [1.807, 2.05) is 0 Å². The van der Waals surface area contributed by atoms with Gasteiger partial charge in [0.2, 0.25) is 0 Å². The normalized spacial score (nSPS) is 11.8. The van der Waals surface area contributed by atoms with Crippen molar-refractivity contribution in [2.45, 2.75) is 12.1 Å². The number of para-hydroxylation sites is 1. The molecule has 0 spiro atoms. The Labute approximate surface area is 104 Å². The predicted molar refractivity (Wildman–Crippen MR) is 63.9 cm³/mol. The minimum absolute atomic E-state index is 0.0515. The lowest BCUT2D eigenvalue weighted by Crippen LogP contribution is -2.54. The fourth-order valence-corrected chi connectivity index (χ4v) is 1.50. The standard InChI is InChI=1S/C11H16ClNO4/c12-9-3-1-2-8(10(9)17)4-13-11(5-14,6-15)7-16/h1-3,13-17H,4-7H2. The van der Waals surface area contributed by atoms with Crippen molar-refractivity contribution in [3.8, 4) is 5.75 Å². The van der Waals surface area contributed by atoms with Crippen LogP contribution in [0.2, 0.25) is 5.02 Å². The van der Waals surface area contributed by atoms with Crippen LogP contribution in [0.1, 0.15) is 5.56 Å². The highest BCUT2D eigenvalue weighted by Gasteiger charge is 2.27. The summed E-state index contributed by atoms with van der Waals surface area (Å²) in [6, 6.07) is 4.89. The fraction of sp³-hybridized carbons (Fsp3) is 0.455. The third-order valence-corrected chi connectivity index (χ3v) is 2.94. The summed E-state index contributed by atoms with van der Waals surface area (Å²) in [5, 5.41) is 40.0. The molecule has 0 fully saturated rings. The summed E-state index contributed by atoms with van der Waals surface area (Å²) in [7, 11) is 0. The Kier molecular flexibility index (Phi) is 5.17. The van der Waals surface area contributed by atoms with E-state index in [4.69, 9.17) is 26.9 Å². The van der Waals surface area contributed by atoms with Crippen molar-refractivity contribution in [2.75, 3.05) is 19.8 Å². The van der Waals surface area contributed by atoms with E-state index >= 15 is 0 Å². The van der Waals surface area contributed by atoms with E-state index in [-0.39, 0.29) is 17.3 Å². The van der Waals surface area contributed by atoms with E-state index in [1.54, 1.807) is 18.2 Å². The summed E-state index contributed by atoms with van der Waals surface area (Å²) >= 11 is 5.74. The Morgan fingerprint density at radius 1 is 1.12 bits per heavy atom. The van der Waals surface area contributed by atoms with Gasteiger partial charge in [0.05, 0.1) is 30.4 Å². The minimum atomic E-state index is -1.17. The summed E-state index contributed by atoms with van der Waals surface area (Å²) < 4.78 is 0. The van der Waals surface area contributed by atoms with Crippen LogP contribution in [-0.4, -0.2) is 45.8 Å². The molecule has 0 saturated heterocycles. The number of aliphatic hydroxyl groups is 3. The van der Waals surface area contributed by atoms with E-state index in [0.29, 0.717) is 5.56 Å². The molecule has 0 amide bonds. The molecule has 0 unspecified atom stereocenters. The molecule has 0 aromatic heterocycles. The Morgan fingerprint density at radius 3 is 2.24 bits per heavy atom. The van der Waals surface area contributed by atoms with Crippen molar-refractivity contribution < 1.29 is 20.4 Å². The van der Waals surface area contributed by atoms with Crippen molar-refractivity contribution in [3.05, 3.63) is 28.8 Å². The SMILES string of the molecule is OCC(CO)(CO)NCc1cccc(Cl)c1O. The average Bonchev–Trinajstić information content (AvgIpc) is 2.36. The number of halogens is 1. The Morgan fingerprint density at radius 2 is 1.71 bits per heavy atom. The summed E-state index contributed by atoms with van der Waals surface area (Å²) in [5.41, 5.74) is -0.647. The quantitative estimate of drug-likeness (QED) is 0.491.